The minimum absolute atomic E-state index is 0.0107. The number of aromatic nitrogens is 3. The first-order chi connectivity index (χ1) is 11.6. The lowest BCUT2D eigenvalue weighted by molar-refractivity contribution is 0.125. The van der Waals surface area contributed by atoms with Crippen molar-refractivity contribution in [3.63, 3.8) is 0 Å². The highest BCUT2D eigenvalue weighted by Crippen LogP contribution is 2.24. The van der Waals surface area contributed by atoms with Gasteiger partial charge in [-0.3, -0.25) is 4.98 Å². The van der Waals surface area contributed by atoms with Crippen molar-refractivity contribution >= 4 is 5.71 Å². The van der Waals surface area contributed by atoms with E-state index in [2.05, 4.69) is 20.1 Å². The van der Waals surface area contributed by atoms with Crippen molar-refractivity contribution in [2.45, 2.75) is 20.5 Å². The zero-order valence-electron chi connectivity index (χ0n) is 13.9. The highest BCUT2D eigenvalue weighted by atomic mass is 16.6. The van der Waals surface area contributed by atoms with Crippen LogP contribution in [0.25, 0.3) is 0 Å². The van der Waals surface area contributed by atoms with E-state index in [0.29, 0.717) is 23.0 Å². The third-order valence-corrected chi connectivity index (χ3v) is 3.06. The van der Waals surface area contributed by atoms with Crippen LogP contribution in [0.4, 0.5) is 0 Å². The molecule has 0 saturated heterocycles. The van der Waals surface area contributed by atoms with E-state index in [4.69, 9.17) is 14.3 Å². The average molecular weight is 327 g/mol. The Kier molecular flexibility index (Phi) is 5.63. The fourth-order valence-electron chi connectivity index (χ4n) is 2.10. The number of methoxy groups -OCH3 is 2. The molecule has 0 amide bonds. The minimum Gasteiger partial charge on any atom is -0.481 e. The number of hydrogen-bond acceptors (Lipinski definition) is 8. The maximum Gasteiger partial charge on any atom is 0.226 e. The van der Waals surface area contributed by atoms with Crippen LogP contribution in [0.5, 0.6) is 11.8 Å². The van der Waals surface area contributed by atoms with Crippen molar-refractivity contribution in [2.24, 2.45) is 5.16 Å². The van der Waals surface area contributed by atoms with Gasteiger partial charge >= 0.3 is 0 Å². The molecule has 8 heteroatoms. The molecule has 8 nitrogen and oxygen atoms in total. The summed E-state index contributed by atoms with van der Waals surface area (Å²) in [6.45, 7) is 3.76. The molecule has 2 aromatic heterocycles. The van der Waals surface area contributed by atoms with Crippen molar-refractivity contribution in [3.05, 3.63) is 41.0 Å². The highest BCUT2D eigenvalue weighted by molar-refractivity contribution is 6.10. The zero-order valence-corrected chi connectivity index (χ0v) is 13.9. The molecule has 0 unspecified atom stereocenters. The number of aryl methyl sites for hydroxylation is 2. The van der Waals surface area contributed by atoms with Crippen molar-refractivity contribution in [1.82, 2.24) is 15.0 Å². The molecule has 0 aromatic carbocycles. The van der Waals surface area contributed by atoms with Gasteiger partial charge in [0, 0.05) is 5.69 Å². The van der Waals surface area contributed by atoms with Gasteiger partial charge in [0.05, 0.1) is 14.2 Å². The summed E-state index contributed by atoms with van der Waals surface area (Å²) in [4.78, 5) is 17.5. The summed E-state index contributed by atoms with van der Waals surface area (Å²) < 4.78 is 10.3. The van der Waals surface area contributed by atoms with E-state index in [-0.39, 0.29) is 12.3 Å². The molecule has 0 radical (unpaired) electrons. The molecule has 124 valence electrons. The predicted octanol–water partition coefficient (Wildman–Crippen LogP) is 1.95. The largest absolute Gasteiger partial charge is 0.481 e. The number of nitrogens with zero attached hydrogens (tertiary/aromatic N) is 5. The fourth-order valence-corrected chi connectivity index (χ4v) is 2.10. The van der Waals surface area contributed by atoms with E-state index in [1.165, 1.54) is 20.5 Å². The molecule has 0 bridgehead atoms. The lowest BCUT2D eigenvalue weighted by Crippen LogP contribution is -2.05. The third-order valence-electron chi connectivity index (χ3n) is 3.06. The van der Waals surface area contributed by atoms with Crippen LogP contribution in [0.3, 0.4) is 0 Å². The maximum absolute atomic E-state index is 9.29. The molecule has 0 saturated carbocycles. The van der Waals surface area contributed by atoms with Crippen LogP contribution < -0.4 is 9.47 Å². The summed E-state index contributed by atoms with van der Waals surface area (Å²) in [5, 5.41) is 13.2. The van der Waals surface area contributed by atoms with Crippen LogP contribution in [0.1, 0.15) is 22.5 Å². The molecule has 2 heterocycles. The molecule has 24 heavy (non-hydrogen) atoms. The Balaban J connectivity index is 2.22. The van der Waals surface area contributed by atoms with Gasteiger partial charge in [-0.15, -0.1) is 0 Å². The molecule has 0 aliphatic rings. The van der Waals surface area contributed by atoms with E-state index < -0.39 is 0 Å². The Hall–Kier alpha value is -3.21. The first-order valence-corrected chi connectivity index (χ1v) is 7.06. The Morgan fingerprint density at radius 3 is 2.38 bits per heavy atom. The lowest BCUT2D eigenvalue weighted by Gasteiger charge is -2.09. The van der Waals surface area contributed by atoms with Gasteiger partial charge in [0.15, 0.2) is 6.61 Å². The second-order valence-electron chi connectivity index (χ2n) is 4.87. The lowest BCUT2D eigenvalue weighted by atomic mass is 10.2. The summed E-state index contributed by atoms with van der Waals surface area (Å²) in [6.07, 6.45) is 1.32. The van der Waals surface area contributed by atoms with E-state index in [1.54, 1.807) is 6.07 Å². The average Bonchev–Trinajstić information content (AvgIpc) is 2.57. The fraction of sp³-hybridized carbons (Fsp3) is 0.312. The molecule has 0 spiro atoms. The smallest absolute Gasteiger partial charge is 0.226 e. The topological polar surface area (TPSA) is 103 Å². The molecule has 2 aromatic rings. The zero-order chi connectivity index (χ0) is 17.5. The number of nitriles is 1. The van der Waals surface area contributed by atoms with Gasteiger partial charge in [-0.1, -0.05) is 5.16 Å². The normalized spacial score (nSPS) is 10.9. The monoisotopic (exact) mass is 327 g/mol. The second kappa shape index (κ2) is 7.87. The van der Waals surface area contributed by atoms with Crippen LogP contribution in [-0.2, 0) is 11.4 Å². The third kappa shape index (κ3) is 3.95. The van der Waals surface area contributed by atoms with Crippen molar-refractivity contribution in [3.8, 4) is 17.8 Å². The van der Waals surface area contributed by atoms with Crippen LogP contribution in [0.15, 0.2) is 23.6 Å². The first-order valence-electron chi connectivity index (χ1n) is 7.06. The summed E-state index contributed by atoms with van der Waals surface area (Å²) in [5.74, 6) is 0.639. The second-order valence-corrected chi connectivity index (χ2v) is 4.87. The van der Waals surface area contributed by atoms with Gasteiger partial charge < -0.3 is 14.3 Å². The number of pyridine rings is 1. The molecule has 0 N–H and O–H groups in total. The summed E-state index contributed by atoms with van der Waals surface area (Å²) in [7, 11) is 2.96. The summed E-state index contributed by atoms with van der Waals surface area (Å²) >= 11 is 0. The van der Waals surface area contributed by atoms with E-state index in [9.17, 15) is 5.26 Å². The number of oxime groups is 1. The van der Waals surface area contributed by atoms with Gasteiger partial charge in [-0.05, 0) is 31.5 Å². The number of ether oxygens (including phenoxy) is 2. The molecular formula is C16H17N5O3. The number of hydrogen-bond donors (Lipinski definition) is 0. The van der Waals surface area contributed by atoms with E-state index in [1.807, 2.05) is 26.0 Å². The maximum atomic E-state index is 9.29. The quantitative estimate of drug-likeness (QED) is 0.590. The predicted molar refractivity (Wildman–Crippen MR) is 85.8 cm³/mol. The van der Waals surface area contributed by atoms with Crippen LogP contribution in [-0.4, -0.2) is 34.9 Å². The van der Waals surface area contributed by atoms with Crippen LogP contribution >= 0.6 is 0 Å². The molecule has 2 rings (SSSR count). The van der Waals surface area contributed by atoms with Gasteiger partial charge in [0.2, 0.25) is 17.5 Å². The van der Waals surface area contributed by atoms with Gasteiger partial charge in [0.25, 0.3) is 0 Å². The Labute approximate surface area is 139 Å². The molecule has 0 aliphatic heterocycles. The first kappa shape index (κ1) is 17.1. The molecule has 0 atom stereocenters. The van der Waals surface area contributed by atoms with Crippen molar-refractivity contribution in [2.75, 3.05) is 14.2 Å². The Morgan fingerprint density at radius 1 is 1.17 bits per heavy atom. The Morgan fingerprint density at radius 2 is 1.83 bits per heavy atom. The molecule has 0 fully saturated rings. The minimum atomic E-state index is -0.0107. The highest BCUT2D eigenvalue weighted by Gasteiger charge is 2.14. The van der Waals surface area contributed by atoms with Crippen molar-refractivity contribution < 1.29 is 14.3 Å². The van der Waals surface area contributed by atoms with E-state index in [0.717, 1.165) is 11.3 Å². The van der Waals surface area contributed by atoms with Crippen molar-refractivity contribution in [1.29, 1.82) is 5.26 Å². The van der Waals surface area contributed by atoms with Gasteiger partial charge in [-0.2, -0.15) is 5.26 Å². The molecular weight excluding hydrogens is 310 g/mol. The Bertz CT molecular complexity index is 756. The van der Waals surface area contributed by atoms with Crippen LogP contribution in [0, 0.1) is 25.2 Å². The van der Waals surface area contributed by atoms with Gasteiger partial charge in [-0.25, -0.2) is 9.97 Å². The van der Waals surface area contributed by atoms with E-state index >= 15 is 0 Å². The van der Waals surface area contributed by atoms with Gasteiger partial charge in [0.1, 0.15) is 23.7 Å². The summed E-state index contributed by atoms with van der Waals surface area (Å²) in [6, 6.07) is 5.67. The van der Waals surface area contributed by atoms with Crippen LogP contribution in [0.2, 0.25) is 0 Å². The molecule has 0 aliphatic carbocycles. The standard InChI is InChI=1S/C16H17N5O3/c1-10-5-11(2)20-13(6-10)14(7-17)21-24-8-12-15(22-3)18-9-19-16(12)23-4/h5-6,9H,8H2,1-4H3/b21-14+. The summed E-state index contributed by atoms with van der Waals surface area (Å²) in [5.41, 5.74) is 2.82. The SMILES string of the molecule is COc1ncnc(OC)c1CO/N=C(\C#N)c1cc(C)cc(C)n1. The number of rotatable bonds is 6.